The summed E-state index contributed by atoms with van der Waals surface area (Å²) in [7, 11) is 0. The van der Waals surface area contributed by atoms with Gasteiger partial charge in [-0.25, -0.2) is 4.99 Å². The molecule has 184 valence electrons. The Labute approximate surface area is 212 Å². The lowest BCUT2D eigenvalue weighted by molar-refractivity contribution is -0.300. The average Bonchev–Trinajstić information content (AvgIpc) is 3.17. The Morgan fingerprint density at radius 1 is 1.19 bits per heavy atom. The highest BCUT2D eigenvalue weighted by molar-refractivity contribution is 7.07. The van der Waals surface area contributed by atoms with Crippen molar-refractivity contribution in [3.05, 3.63) is 90.6 Å². The third-order valence-electron chi connectivity index (χ3n) is 6.08. The quantitative estimate of drug-likeness (QED) is 0.440. The fraction of sp³-hybridized carbons (Fsp3) is 0.250. The number of allylic oxidation sites excluding steroid dienone is 1. The summed E-state index contributed by atoms with van der Waals surface area (Å²) >= 11 is 1.21. The van der Waals surface area contributed by atoms with E-state index in [1.54, 1.807) is 43.3 Å². The molecular formula is C28H25N2O5S-. The van der Waals surface area contributed by atoms with Crippen LogP contribution < -0.4 is 29.5 Å². The Bertz CT molecular complexity index is 1560. The van der Waals surface area contributed by atoms with Gasteiger partial charge in [0.25, 0.3) is 5.56 Å². The molecule has 2 heterocycles. The number of aromatic nitrogens is 1. The van der Waals surface area contributed by atoms with Crippen LogP contribution in [-0.4, -0.2) is 23.8 Å². The van der Waals surface area contributed by atoms with E-state index in [4.69, 9.17) is 15.9 Å². The molecule has 7 nitrogen and oxygen atoms in total. The molecular weight excluding hydrogens is 476 g/mol. The number of para-hydroxylation sites is 1. The largest absolute Gasteiger partial charge is 0.545 e. The highest BCUT2D eigenvalue weighted by Gasteiger charge is 2.44. The van der Waals surface area contributed by atoms with Gasteiger partial charge in [-0.15, -0.1) is 6.42 Å². The first-order valence-corrected chi connectivity index (χ1v) is 12.3. The molecule has 4 rings (SSSR count). The molecule has 0 amide bonds. The maximum Gasteiger partial charge on any atom is 0.271 e. The number of ether oxygens (including phenoxy) is 2. The smallest absolute Gasteiger partial charge is 0.271 e. The summed E-state index contributed by atoms with van der Waals surface area (Å²) in [6.45, 7) is 5.88. The van der Waals surface area contributed by atoms with Crippen LogP contribution in [0.3, 0.4) is 0 Å². The van der Waals surface area contributed by atoms with E-state index in [9.17, 15) is 14.7 Å². The van der Waals surface area contributed by atoms with Crippen LogP contribution in [0.15, 0.2) is 69.6 Å². The second kappa shape index (κ2) is 10.3. The summed E-state index contributed by atoms with van der Waals surface area (Å²) in [4.78, 5) is 31.3. The summed E-state index contributed by atoms with van der Waals surface area (Å²) in [6, 6.07) is 14.4. The molecule has 3 aromatic rings. The number of carboxylic acids is 1. The Morgan fingerprint density at radius 2 is 1.92 bits per heavy atom. The summed E-state index contributed by atoms with van der Waals surface area (Å²) in [6.07, 6.45) is 7.26. The summed E-state index contributed by atoms with van der Waals surface area (Å²) in [5.41, 5.74) is -0.0902. The van der Waals surface area contributed by atoms with E-state index in [1.165, 1.54) is 15.9 Å². The standard InChI is InChI=1S/C28H26N2O5S/c1-5-16-35-20-14-12-19(13-15-20)17-23-25(31)30-27(36-23)29-18(4)24(26(32)33)28(30,6-2)21-10-8-9-11-22(21)34-7-3/h1,8-15,17H,6-7,16H2,2-4H3,(H,32,33)/p-1. The molecule has 36 heavy (non-hydrogen) atoms. The molecule has 1 unspecified atom stereocenters. The van der Waals surface area contributed by atoms with Crippen molar-refractivity contribution >= 4 is 23.4 Å². The summed E-state index contributed by atoms with van der Waals surface area (Å²) in [5.74, 6) is 2.17. The van der Waals surface area contributed by atoms with Gasteiger partial charge in [-0.1, -0.05) is 54.5 Å². The second-order valence-electron chi connectivity index (χ2n) is 8.10. The maximum atomic E-state index is 13.9. The summed E-state index contributed by atoms with van der Waals surface area (Å²) < 4.78 is 13.2. The van der Waals surface area contributed by atoms with Gasteiger partial charge in [-0.05, 0) is 50.1 Å². The normalized spacial score (nSPS) is 17.2. The lowest BCUT2D eigenvalue weighted by Gasteiger charge is -2.40. The van der Waals surface area contributed by atoms with Gasteiger partial charge in [0.1, 0.15) is 23.6 Å². The van der Waals surface area contributed by atoms with Crippen molar-refractivity contribution in [1.29, 1.82) is 0 Å². The molecule has 0 aliphatic carbocycles. The lowest BCUT2D eigenvalue weighted by atomic mass is 9.77. The number of benzene rings is 2. The topological polar surface area (TPSA) is 93.0 Å². The van der Waals surface area contributed by atoms with Crippen LogP contribution in [0.1, 0.15) is 38.3 Å². The van der Waals surface area contributed by atoms with E-state index in [0.717, 1.165) is 5.56 Å². The first-order chi connectivity index (χ1) is 17.4. The van der Waals surface area contributed by atoms with Crippen molar-refractivity contribution in [2.45, 2.75) is 32.7 Å². The Hall–Kier alpha value is -4.09. The van der Waals surface area contributed by atoms with Crippen LogP contribution in [0.25, 0.3) is 6.08 Å². The number of hydrogen-bond donors (Lipinski definition) is 0. The van der Waals surface area contributed by atoms with Gasteiger partial charge in [0.2, 0.25) is 0 Å². The number of hydrogen-bond acceptors (Lipinski definition) is 7. The minimum atomic E-state index is -1.37. The van der Waals surface area contributed by atoms with Crippen LogP contribution >= 0.6 is 11.3 Å². The molecule has 2 aromatic carbocycles. The third-order valence-corrected chi connectivity index (χ3v) is 7.04. The molecule has 1 atom stereocenters. The predicted octanol–water partition coefficient (Wildman–Crippen LogP) is 1.96. The van der Waals surface area contributed by atoms with Crippen LogP contribution in [0, 0.1) is 12.3 Å². The van der Waals surface area contributed by atoms with E-state index >= 15 is 0 Å². The van der Waals surface area contributed by atoms with E-state index in [-0.39, 0.29) is 24.2 Å². The average molecular weight is 502 g/mol. The predicted molar refractivity (Wildman–Crippen MR) is 136 cm³/mol. The molecule has 1 aliphatic heterocycles. The zero-order valence-corrected chi connectivity index (χ0v) is 21.1. The molecule has 8 heteroatoms. The number of fused-ring (bicyclic) bond motifs is 1. The second-order valence-corrected chi connectivity index (χ2v) is 9.11. The number of rotatable bonds is 8. The number of aliphatic carboxylic acids is 1. The number of thiazole rings is 1. The molecule has 0 bridgehead atoms. The first kappa shape index (κ1) is 25.0. The van der Waals surface area contributed by atoms with Crippen molar-refractivity contribution in [3.63, 3.8) is 0 Å². The molecule has 0 fully saturated rings. The van der Waals surface area contributed by atoms with Crippen molar-refractivity contribution in [1.82, 2.24) is 4.57 Å². The SMILES string of the molecule is C#CCOc1ccc(C=c2sc3n(c2=O)C(CC)(c2ccccc2OCC)C(C(=O)[O-])=C(C)N=3)cc1. The molecule has 0 N–H and O–H groups in total. The zero-order chi connectivity index (χ0) is 25.9. The monoisotopic (exact) mass is 501 g/mol. The number of carbonyl (C=O) groups excluding carboxylic acids is 1. The van der Waals surface area contributed by atoms with Crippen LogP contribution in [0.4, 0.5) is 0 Å². The van der Waals surface area contributed by atoms with Gasteiger partial charge >= 0.3 is 0 Å². The zero-order valence-electron chi connectivity index (χ0n) is 20.2. The van der Waals surface area contributed by atoms with Gasteiger partial charge in [-0.2, -0.15) is 0 Å². The number of carbonyl (C=O) groups is 1. The molecule has 1 aliphatic rings. The molecule has 0 radical (unpaired) electrons. The van der Waals surface area contributed by atoms with E-state index in [0.29, 0.717) is 38.7 Å². The Balaban J connectivity index is 1.98. The van der Waals surface area contributed by atoms with E-state index in [1.807, 2.05) is 32.0 Å². The van der Waals surface area contributed by atoms with Crippen molar-refractivity contribution in [2.75, 3.05) is 13.2 Å². The van der Waals surface area contributed by atoms with Crippen LogP contribution in [0.2, 0.25) is 0 Å². The Morgan fingerprint density at radius 3 is 2.56 bits per heavy atom. The number of terminal acetylenes is 1. The van der Waals surface area contributed by atoms with Crippen molar-refractivity contribution in [2.24, 2.45) is 4.99 Å². The van der Waals surface area contributed by atoms with E-state index < -0.39 is 11.5 Å². The van der Waals surface area contributed by atoms with Crippen LogP contribution in [0.5, 0.6) is 11.5 Å². The molecule has 0 saturated carbocycles. The first-order valence-electron chi connectivity index (χ1n) is 11.5. The van der Waals surface area contributed by atoms with Gasteiger partial charge < -0.3 is 19.4 Å². The van der Waals surface area contributed by atoms with Gasteiger partial charge in [0.05, 0.1) is 17.1 Å². The minimum absolute atomic E-state index is 0.0499. The minimum Gasteiger partial charge on any atom is -0.545 e. The summed E-state index contributed by atoms with van der Waals surface area (Å²) in [5, 5.41) is 12.5. The van der Waals surface area contributed by atoms with Gasteiger partial charge in [0.15, 0.2) is 4.80 Å². The highest BCUT2D eigenvalue weighted by Crippen LogP contribution is 2.43. The van der Waals surface area contributed by atoms with Gasteiger partial charge in [0, 0.05) is 16.8 Å². The molecule has 0 spiro atoms. The maximum absolute atomic E-state index is 13.9. The third kappa shape index (κ3) is 4.23. The molecule has 0 saturated heterocycles. The number of carboxylic acid groups (broad SMARTS) is 1. The van der Waals surface area contributed by atoms with E-state index in [2.05, 4.69) is 10.9 Å². The molecule has 1 aromatic heterocycles. The van der Waals surface area contributed by atoms with Crippen LogP contribution in [-0.2, 0) is 10.3 Å². The highest BCUT2D eigenvalue weighted by atomic mass is 32.1. The van der Waals surface area contributed by atoms with Crippen molar-refractivity contribution < 1.29 is 19.4 Å². The lowest BCUT2D eigenvalue weighted by Crippen LogP contribution is -2.54. The Kier molecular flexibility index (Phi) is 7.13. The fourth-order valence-corrected chi connectivity index (χ4v) is 5.70. The number of nitrogens with zero attached hydrogens (tertiary/aromatic N) is 2. The fourth-order valence-electron chi connectivity index (χ4n) is 4.62. The van der Waals surface area contributed by atoms with Crippen molar-refractivity contribution in [3.8, 4) is 23.8 Å². The van der Waals surface area contributed by atoms with Gasteiger partial charge in [-0.3, -0.25) is 9.36 Å².